The first kappa shape index (κ1) is 19.1. The van der Waals surface area contributed by atoms with Gasteiger partial charge >= 0.3 is 0 Å². The summed E-state index contributed by atoms with van der Waals surface area (Å²) in [6.07, 6.45) is 5.37. The average molecular weight is 399 g/mol. The van der Waals surface area contributed by atoms with Gasteiger partial charge in [0.2, 0.25) is 5.91 Å². The Morgan fingerprint density at radius 1 is 1.21 bits per heavy atom. The van der Waals surface area contributed by atoms with Crippen LogP contribution in [-0.4, -0.2) is 23.3 Å². The van der Waals surface area contributed by atoms with Crippen LogP contribution in [0.5, 0.6) is 5.75 Å². The first-order chi connectivity index (χ1) is 13.6. The Balaban J connectivity index is 1.38. The van der Waals surface area contributed by atoms with Crippen molar-refractivity contribution in [1.29, 1.82) is 0 Å². The number of hydrogen-bond donors (Lipinski definition) is 1. The Bertz CT molecular complexity index is 830. The number of carbonyl (C=O) groups is 2. The van der Waals surface area contributed by atoms with E-state index in [1.807, 2.05) is 29.6 Å². The highest BCUT2D eigenvalue weighted by Gasteiger charge is 2.41. The molecule has 3 atom stereocenters. The number of benzene rings is 1. The third kappa shape index (κ3) is 4.12. The predicted octanol–water partition coefficient (Wildman–Crippen LogP) is 4.93. The molecule has 2 aromatic rings. The molecule has 0 spiro atoms. The molecule has 0 aliphatic heterocycles. The normalized spacial score (nSPS) is 24.0. The van der Waals surface area contributed by atoms with E-state index in [1.54, 1.807) is 0 Å². The number of ether oxygens (including phenoxy) is 1. The van der Waals surface area contributed by atoms with Crippen molar-refractivity contribution in [1.82, 2.24) is 4.98 Å². The Hall–Kier alpha value is -2.21. The lowest BCUT2D eigenvalue weighted by Crippen LogP contribution is -2.40. The van der Waals surface area contributed by atoms with Gasteiger partial charge in [0.1, 0.15) is 11.5 Å². The number of thiazole rings is 1. The molecule has 1 heterocycles. The van der Waals surface area contributed by atoms with E-state index in [2.05, 4.69) is 17.2 Å². The predicted molar refractivity (Wildman–Crippen MR) is 111 cm³/mol. The van der Waals surface area contributed by atoms with Gasteiger partial charge in [-0.05, 0) is 56.4 Å². The molecule has 1 N–H and O–H groups in total. The third-order valence-corrected chi connectivity index (χ3v) is 6.53. The molecule has 2 saturated carbocycles. The van der Waals surface area contributed by atoms with Crippen molar-refractivity contribution in [3.63, 3.8) is 0 Å². The van der Waals surface area contributed by atoms with Gasteiger partial charge in [0.05, 0.1) is 12.3 Å². The Kier molecular flexibility index (Phi) is 5.76. The Morgan fingerprint density at radius 3 is 2.61 bits per heavy atom. The fourth-order valence-electron chi connectivity index (χ4n) is 4.31. The van der Waals surface area contributed by atoms with Crippen LogP contribution in [0.1, 0.15) is 45.4 Å². The summed E-state index contributed by atoms with van der Waals surface area (Å²) >= 11 is 1.44. The topological polar surface area (TPSA) is 68.3 Å². The van der Waals surface area contributed by atoms with Gasteiger partial charge in [-0.15, -0.1) is 11.3 Å². The van der Waals surface area contributed by atoms with Crippen LogP contribution in [-0.2, 0) is 9.59 Å². The van der Waals surface area contributed by atoms with Crippen LogP contribution in [0.3, 0.4) is 0 Å². The van der Waals surface area contributed by atoms with E-state index in [4.69, 9.17) is 4.74 Å². The smallest absolute Gasteiger partial charge is 0.229 e. The van der Waals surface area contributed by atoms with E-state index < -0.39 is 0 Å². The fourth-order valence-corrected chi connectivity index (χ4v) is 5.03. The maximum absolute atomic E-state index is 12.7. The number of aromatic nitrogens is 1. The zero-order valence-corrected chi connectivity index (χ0v) is 17.0. The summed E-state index contributed by atoms with van der Waals surface area (Å²) in [5.74, 6) is 1.35. The monoisotopic (exact) mass is 398 g/mol. The molecular formula is C22H26N2O3S. The number of anilines is 1. The largest absolute Gasteiger partial charge is 0.494 e. The van der Waals surface area contributed by atoms with Crippen LogP contribution in [0.25, 0.3) is 11.3 Å². The number of nitrogens with one attached hydrogen (secondary N) is 1. The summed E-state index contributed by atoms with van der Waals surface area (Å²) in [6, 6.07) is 7.86. The van der Waals surface area contributed by atoms with E-state index >= 15 is 0 Å². The highest BCUT2D eigenvalue weighted by Crippen LogP contribution is 2.40. The lowest BCUT2D eigenvalue weighted by Gasteiger charge is -2.36. The average Bonchev–Trinajstić information content (AvgIpc) is 3.15. The number of rotatable bonds is 6. The molecule has 0 radical (unpaired) electrons. The highest BCUT2D eigenvalue weighted by molar-refractivity contribution is 7.14. The summed E-state index contributed by atoms with van der Waals surface area (Å²) < 4.78 is 5.61. The van der Waals surface area contributed by atoms with Crippen LogP contribution in [0.15, 0.2) is 29.6 Å². The lowest BCUT2D eigenvalue weighted by atomic mass is 9.67. The number of carbonyl (C=O) groups excluding carboxylic acids is 2. The van der Waals surface area contributed by atoms with Crippen molar-refractivity contribution in [2.75, 3.05) is 11.9 Å². The molecule has 148 valence electrons. The molecule has 5 nitrogen and oxygen atoms in total. The first-order valence-electron chi connectivity index (χ1n) is 10.2. The van der Waals surface area contributed by atoms with Crippen molar-refractivity contribution in [2.24, 2.45) is 17.8 Å². The molecule has 1 amide bonds. The standard InChI is InChI=1S/C22H26N2O3S/c1-2-10-27-18-8-6-14(7-9-18)19-13-28-22(23-19)24-21(26)17-11-15-4-3-5-16(12-17)20(15)25/h6-9,13,15-17H,2-5,10-12H2,1H3,(H,23,24,26)/t15-,16+,17?. The van der Waals surface area contributed by atoms with Gasteiger partial charge in [-0.3, -0.25) is 9.59 Å². The van der Waals surface area contributed by atoms with Crippen LogP contribution < -0.4 is 10.1 Å². The summed E-state index contributed by atoms with van der Waals surface area (Å²) in [5.41, 5.74) is 1.84. The van der Waals surface area contributed by atoms with Crippen molar-refractivity contribution in [2.45, 2.75) is 45.4 Å². The summed E-state index contributed by atoms with van der Waals surface area (Å²) in [5, 5.41) is 5.55. The zero-order valence-electron chi connectivity index (χ0n) is 16.1. The van der Waals surface area contributed by atoms with Crippen molar-refractivity contribution >= 4 is 28.2 Å². The summed E-state index contributed by atoms with van der Waals surface area (Å²) in [7, 11) is 0. The van der Waals surface area contributed by atoms with Gasteiger partial charge in [0, 0.05) is 28.7 Å². The van der Waals surface area contributed by atoms with Gasteiger partial charge in [-0.25, -0.2) is 4.98 Å². The quantitative estimate of drug-likeness (QED) is 0.749. The van der Waals surface area contributed by atoms with E-state index in [-0.39, 0.29) is 23.7 Å². The lowest BCUT2D eigenvalue weighted by molar-refractivity contribution is -0.136. The number of hydrogen-bond acceptors (Lipinski definition) is 5. The van der Waals surface area contributed by atoms with Gasteiger partial charge in [0.15, 0.2) is 5.13 Å². The highest BCUT2D eigenvalue weighted by atomic mass is 32.1. The molecule has 0 saturated heterocycles. The molecule has 6 heteroatoms. The maximum Gasteiger partial charge on any atom is 0.229 e. The second-order valence-electron chi connectivity index (χ2n) is 7.80. The molecule has 2 aliphatic carbocycles. The minimum Gasteiger partial charge on any atom is -0.494 e. The van der Waals surface area contributed by atoms with E-state index in [9.17, 15) is 9.59 Å². The molecule has 2 fully saturated rings. The molecule has 2 aliphatic rings. The Morgan fingerprint density at radius 2 is 1.93 bits per heavy atom. The number of fused-ring (bicyclic) bond motifs is 2. The van der Waals surface area contributed by atoms with Gasteiger partial charge < -0.3 is 10.1 Å². The van der Waals surface area contributed by atoms with Crippen LogP contribution in [0.4, 0.5) is 5.13 Å². The third-order valence-electron chi connectivity index (χ3n) is 5.78. The number of amides is 1. The molecular weight excluding hydrogens is 372 g/mol. The second kappa shape index (κ2) is 8.43. The van der Waals surface area contributed by atoms with Crippen LogP contribution in [0, 0.1) is 17.8 Å². The number of ketones is 1. The molecule has 2 bridgehead atoms. The van der Waals surface area contributed by atoms with E-state index in [0.717, 1.165) is 42.7 Å². The first-order valence-corrected chi connectivity index (χ1v) is 11.1. The summed E-state index contributed by atoms with van der Waals surface area (Å²) in [6.45, 7) is 2.79. The molecule has 4 rings (SSSR count). The maximum atomic E-state index is 12.7. The molecule has 28 heavy (non-hydrogen) atoms. The summed E-state index contributed by atoms with van der Waals surface area (Å²) in [4.78, 5) is 29.5. The van der Waals surface area contributed by atoms with Crippen molar-refractivity contribution in [3.05, 3.63) is 29.6 Å². The fraction of sp³-hybridized carbons (Fsp3) is 0.500. The minimum atomic E-state index is -0.0738. The zero-order chi connectivity index (χ0) is 19.5. The van der Waals surface area contributed by atoms with E-state index in [1.165, 1.54) is 11.3 Å². The van der Waals surface area contributed by atoms with Gasteiger partial charge in [0.25, 0.3) is 0 Å². The second-order valence-corrected chi connectivity index (χ2v) is 8.65. The SMILES string of the molecule is CCCOc1ccc(-c2csc(NC(=O)C3C[C@H]4CCC[C@@H](C3)C4=O)n2)cc1. The minimum absolute atomic E-state index is 0.00798. The molecule has 1 aromatic carbocycles. The van der Waals surface area contributed by atoms with Gasteiger partial charge in [-0.2, -0.15) is 0 Å². The van der Waals surface area contributed by atoms with E-state index in [0.29, 0.717) is 30.4 Å². The van der Waals surface area contributed by atoms with Crippen molar-refractivity contribution < 1.29 is 14.3 Å². The molecule has 1 unspecified atom stereocenters. The molecule has 1 aromatic heterocycles. The van der Waals surface area contributed by atoms with Gasteiger partial charge in [-0.1, -0.05) is 13.3 Å². The van der Waals surface area contributed by atoms with Crippen molar-refractivity contribution in [3.8, 4) is 17.0 Å². The number of Topliss-reactive ketones (excluding diaryl/α,β-unsaturated/α-hetero) is 1. The number of nitrogens with zero attached hydrogens (tertiary/aromatic N) is 1. The van der Waals surface area contributed by atoms with Crippen LogP contribution in [0.2, 0.25) is 0 Å². The Labute approximate surface area is 169 Å². The van der Waals surface area contributed by atoms with Crippen LogP contribution >= 0.6 is 11.3 Å².